The van der Waals surface area contributed by atoms with Gasteiger partial charge in [0, 0.05) is 33.8 Å². The highest BCUT2D eigenvalue weighted by molar-refractivity contribution is 6.13. The maximum absolute atomic E-state index is 6.42. The van der Waals surface area contributed by atoms with Crippen LogP contribution in [0.4, 0.5) is 34.1 Å². The van der Waals surface area contributed by atoms with E-state index in [1.165, 1.54) is 44.5 Å². The molecule has 0 fully saturated rings. The SMILES string of the molecule is c1ccc(N(c2ccccc2)c2ccc3c(c2)C2(c4ccccc4-c4cc(N(c5ccccc5)c5cccc6oc7ccccc7c56)ccc42)c2ccccc2-3)cc1. The fourth-order valence-electron chi connectivity index (χ4n) is 9.95. The fourth-order valence-corrected chi connectivity index (χ4v) is 9.95. The quantitative estimate of drug-likeness (QED) is 0.169. The molecule has 1 atom stereocenters. The number of fused-ring (bicyclic) bond motifs is 13. The molecule has 0 N–H and O–H groups in total. The van der Waals surface area contributed by atoms with Gasteiger partial charge >= 0.3 is 0 Å². The van der Waals surface area contributed by atoms with Gasteiger partial charge in [0.05, 0.1) is 16.5 Å². The smallest absolute Gasteiger partial charge is 0.137 e. The lowest BCUT2D eigenvalue weighted by molar-refractivity contribution is 0.669. The van der Waals surface area contributed by atoms with Gasteiger partial charge in [-0.05, 0) is 123 Å². The van der Waals surface area contributed by atoms with Crippen molar-refractivity contribution in [3.05, 3.63) is 241 Å². The number of benzene rings is 9. The van der Waals surface area contributed by atoms with E-state index in [-0.39, 0.29) is 0 Å². The van der Waals surface area contributed by atoms with E-state index in [0.717, 1.165) is 56.1 Å². The number of hydrogen-bond acceptors (Lipinski definition) is 3. The number of anilines is 6. The molecule has 3 heteroatoms. The number of rotatable bonds is 6. The molecule has 58 heavy (non-hydrogen) atoms. The van der Waals surface area contributed by atoms with Crippen LogP contribution in [0.2, 0.25) is 0 Å². The van der Waals surface area contributed by atoms with Crippen LogP contribution in [0, 0.1) is 0 Å². The maximum Gasteiger partial charge on any atom is 0.137 e. The monoisotopic (exact) mass is 740 g/mol. The molecule has 0 amide bonds. The molecule has 1 aromatic heterocycles. The third-order valence-corrected chi connectivity index (χ3v) is 12.2. The topological polar surface area (TPSA) is 19.6 Å². The van der Waals surface area contributed by atoms with Crippen LogP contribution in [0.15, 0.2) is 223 Å². The van der Waals surface area contributed by atoms with E-state index in [1.807, 2.05) is 6.07 Å². The van der Waals surface area contributed by atoms with Crippen molar-refractivity contribution in [2.45, 2.75) is 5.41 Å². The summed E-state index contributed by atoms with van der Waals surface area (Å²) >= 11 is 0. The first-order chi connectivity index (χ1) is 28.8. The zero-order chi connectivity index (χ0) is 38.2. The van der Waals surface area contributed by atoms with Crippen LogP contribution in [0.5, 0.6) is 0 Å². The Kier molecular flexibility index (Phi) is 7.14. The molecule has 272 valence electrons. The Morgan fingerprint density at radius 3 is 1.50 bits per heavy atom. The predicted molar refractivity (Wildman–Crippen MR) is 239 cm³/mol. The first kappa shape index (κ1) is 32.6. The summed E-state index contributed by atoms with van der Waals surface area (Å²) in [4.78, 5) is 4.77. The van der Waals surface area contributed by atoms with E-state index in [4.69, 9.17) is 4.42 Å². The second-order valence-corrected chi connectivity index (χ2v) is 15.2. The molecular formula is C55H36N2O. The first-order valence-corrected chi connectivity index (χ1v) is 19.9. The van der Waals surface area contributed by atoms with Gasteiger partial charge in [-0.15, -0.1) is 0 Å². The largest absolute Gasteiger partial charge is 0.456 e. The Bertz CT molecular complexity index is 3150. The molecule has 1 unspecified atom stereocenters. The van der Waals surface area contributed by atoms with Crippen LogP contribution in [0.25, 0.3) is 44.2 Å². The van der Waals surface area contributed by atoms with Gasteiger partial charge in [0.25, 0.3) is 0 Å². The Morgan fingerprint density at radius 1 is 0.310 bits per heavy atom. The van der Waals surface area contributed by atoms with Gasteiger partial charge in [0.15, 0.2) is 0 Å². The third-order valence-electron chi connectivity index (χ3n) is 12.2. The summed E-state index contributed by atoms with van der Waals surface area (Å²) in [7, 11) is 0. The molecule has 9 aromatic carbocycles. The number of furan rings is 1. The predicted octanol–water partition coefficient (Wildman–Crippen LogP) is 14.9. The van der Waals surface area contributed by atoms with Crippen molar-refractivity contribution < 1.29 is 4.42 Å². The Labute approximate surface area is 337 Å². The minimum Gasteiger partial charge on any atom is -0.456 e. The maximum atomic E-state index is 6.42. The van der Waals surface area contributed by atoms with Gasteiger partial charge in [0.2, 0.25) is 0 Å². The molecule has 3 nitrogen and oxygen atoms in total. The molecule has 0 saturated heterocycles. The summed E-state index contributed by atoms with van der Waals surface area (Å²) in [6.45, 7) is 0. The van der Waals surface area contributed by atoms with E-state index in [2.05, 4.69) is 222 Å². The zero-order valence-corrected chi connectivity index (χ0v) is 31.6. The lowest BCUT2D eigenvalue weighted by Gasteiger charge is -2.32. The van der Waals surface area contributed by atoms with Crippen molar-refractivity contribution in [1.82, 2.24) is 0 Å². The van der Waals surface area contributed by atoms with Gasteiger partial charge < -0.3 is 14.2 Å². The molecule has 0 aliphatic heterocycles. The Morgan fingerprint density at radius 2 is 0.810 bits per heavy atom. The van der Waals surface area contributed by atoms with E-state index in [9.17, 15) is 0 Å². The molecule has 2 aliphatic carbocycles. The van der Waals surface area contributed by atoms with Crippen molar-refractivity contribution in [2.24, 2.45) is 0 Å². The summed E-state index contributed by atoms with van der Waals surface area (Å²) in [6.07, 6.45) is 0. The van der Waals surface area contributed by atoms with Crippen LogP contribution in [0.1, 0.15) is 22.3 Å². The van der Waals surface area contributed by atoms with E-state index < -0.39 is 5.41 Å². The fraction of sp³-hybridized carbons (Fsp3) is 0.0182. The molecule has 0 saturated carbocycles. The number of hydrogen-bond donors (Lipinski definition) is 0. The van der Waals surface area contributed by atoms with Crippen molar-refractivity contribution in [3.63, 3.8) is 0 Å². The Balaban J connectivity index is 1.11. The van der Waals surface area contributed by atoms with Crippen molar-refractivity contribution in [1.29, 1.82) is 0 Å². The number of para-hydroxylation sites is 4. The molecule has 0 radical (unpaired) electrons. The molecule has 2 aliphatic rings. The minimum absolute atomic E-state index is 0.510. The highest BCUT2D eigenvalue weighted by Crippen LogP contribution is 2.64. The van der Waals surface area contributed by atoms with Gasteiger partial charge in [-0.25, -0.2) is 0 Å². The highest BCUT2D eigenvalue weighted by atomic mass is 16.3. The minimum atomic E-state index is -0.510. The molecular weight excluding hydrogens is 705 g/mol. The van der Waals surface area contributed by atoms with Gasteiger partial charge in [0.1, 0.15) is 11.2 Å². The van der Waals surface area contributed by atoms with Crippen LogP contribution in [0.3, 0.4) is 0 Å². The van der Waals surface area contributed by atoms with Crippen LogP contribution in [-0.4, -0.2) is 0 Å². The molecule has 0 bridgehead atoms. The number of nitrogens with zero attached hydrogens (tertiary/aromatic N) is 2. The second kappa shape index (κ2) is 12.7. The van der Waals surface area contributed by atoms with Gasteiger partial charge in [-0.3, -0.25) is 0 Å². The average molecular weight is 741 g/mol. The third kappa shape index (κ3) is 4.62. The average Bonchev–Trinajstić information content (AvgIpc) is 3.92. The van der Waals surface area contributed by atoms with Crippen LogP contribution < -0.4 is 9.80 Å². The Hall–Kier alpha value is -7.62. The summed E-state index contributed by atoms with van der Waals surface area (Å²) in [6, 6.07) is 79.2. The summed E-state index contributed by atoms with van der Waals surface area (Å²) in [5.41, 5.74) is 18.2. The zero-order valence-electron chi connectivity index (χ0n) is 31.6. The van der Waals surface area contributed by atoms with Gasteiger partial charge in [-0.1, -0.05) is 140 Å². The van der Waals surface area contributed by atoms with Gasteiger partial charge in [-0.2, -0.15) is 0 Å². The van der Waals surface area contributed by atoms with Crippen LogP contribution >= 0.6 is 0 Å². The molecule has 12 rings (SSSR count). The second-order valence-electron chi connectivity index (χ2n) is 15.2. The lowest BCUT2D eigenvalue weighted by Crippen LogP contribution is -2.26. The lowest BCUT2D eigenvalue weighted by atomic mass is 9.70. The van der Waals surface area contributed by atoms with E-state index in [1.54, 1.807) is 0 Å². The highest BCUT2D eigenvalue weighted by Gasteiger charge is 2.52. The first-order valence-electron chi connectivity index (χ1n) is 19.9. The summed E-state index contributed by atoms with van der Waals surface area (Å²) in [5, 5.41) is 2.21. The van der Waals surface area contributed by atoms with E-state index >= 15 is 0 Å². The molecule has 1 spiro atoms. The molecule has 1 heterocycles. The summed E-state index contributed by atoms with van der Waals surface area (Å²) < 4.78 is 6.42. The van der Waals surface area contributed by atoms with Crippen molar-refractivity contribution in [3.8, 4) is 22.3 Å². The van der Waals surface area contributed by atoms with Crippen molar-refractivity contribution >= 4 is 56.1 Å². The van der Waals surface area contributed by atoms with Crippen LogP contribution in [-0.2, 0) is 5.41 Å². The van der Waals surface area contributed by atoms with Crippen molar-refractivity contribution in [2.75, 3.05) is 9.80 Å². The normalized spacial score (nSPS) is 14.6. The standard InChI is InChI=1S/C55H36N2O/c1-4-17-37(18-5-1)56(38-19-6-2-7-20-38)41-31-33-44-42-23-10-13-26-47(42)55(50(44)36-41)48-27-14-11-24-43(48)46-35-40(32-34-49(46)55)57(39-21-8-3-9-22-39)51-28-16-30-53-54(51)45-25-12-15-29-52(45)58-53/h1-36H. The summed E-state index contributed by atoms with van der Waals surface area (Å²) in [5.74, 6) is 0. The van der Waals surface area contributed by atoms with E-state index in [0.29, 0.717) is 0 Å². The molecule has 10 aromatic rings.